The van der Waals surface area contributed by atoms with E-state index in [9.17, 15) is 4.79 Å². The summed E-state index contributed by atoms with van der Waals surface area (Å²) in [7, 11) is 0. The third-order valence-electron chi connectivity index (χ3n) is 4.64. The molecule has 0 aromatic heterocycles. The number of nitrogens with one attached hydrogen (secondary N) is 1. The van der Waals surface area contributed by atoms with Gasteiger partial charge in [0.2, 0.25) is 0 Å². The van der Waals surface area contributed by atoms with Crippen LogP contribution in [0.25, 0.3) is 0 Å². The van der Waals surface area contributed by atoms with Gasteiger partial charge in [-0.05, 0) is 37.3 Å². The van der Waals surface area contributed by atoms with E-state index in [1.165, 1.54) is 18.4 Å². The molecule has 2 unspecified atom stereocenters. The van der Waals surface area contributed by atoms with Crippen LogP contribution < -0.4 is 5.32 Å². The third kappa shape index (κ3) is 6.71. The molecule has 1 aromatic carbocycles. The van der Waals surface area contributed by atoms with Crippen LogP contribution in [-0.2, 0) is 11.3 Å². The number of hydrogen-bond acceptors (Lipinski definition) is 3. The van der Waals surface area contributed by atoms with Crippen molar-refractivity contribution in [2.75, 3.05) is 19.6 Å². The maximum Gasteiger partial charge on any atom is 0.303 e. The molecule has 1 fully saturated rings. The van der Waals surface area contributed by atoms with Crippen molar-refractivity contribution in [1.82, 2.24) is 10.2 Å². The van der Waals surface area contributed by atoms with Crippen LogP contribution in [0, 0.1) is 5.92 Å². The average molecular weight is 318 g/mol. The van der Waals surface area contributed by atoms with Crippen LogP contribution in [0.5, 0.6) is 0 Å². The minimum Gasteiger partial charge on any atom is -0.481 e. The number of unbranched alkanes of at least 4 members (excludes halogenated alkanes) is 1. The summed E-state index contributed by atoms with van der Waals surface area (Å²) in [5.41, 5.74) is 1.31. The van der Waals surface area contributed by atoms with E-state index in [1.54, 1.807) is 0 Å². The number of nitrogens with zero attached hydrogens (tertiary/aromatic N) is 1. The Morgan fingerprint density at radius 1 is 1.30 bits per heavy atom. The molecule has 0 saturated carbocycles. The Balaban J connectivity index is 1.86. The summed E-state index contributed by atoms with van der Waals surface area (Å²) in [6, 6.07) is 10.9. The first-order valence-electron chi connectivity index (χ1n) is 8.88. The molecule has 128 valence electrons. The number of carboxylic acids is 1. The van der Waals surface area contributed by atoms with Gasteiger partial charge in [0.25, 0.3) is 0 Å². The predicted octanol–water partition coefficient (Wildman–Crippen LogP) is 3.13. The highest BCUT2D eigenvalue weighted by molar-refractivity contribution is 5.66. The Bertz CT molecular complexity index is 464. The van der Waals surface area contributed by atoms with E-state index in [1.807, 2.05) is 6.07 Å². The highest BCUT2D eigenvalue weighted by Gasteiger charge is 2.26. The second-order valence-electron chi connectivity index (χ2n) is 6.71. The number of benzene rings is 1. The van der Waals surface area contributed by atoms with Crippen LogP contribution in [0.15, 0.2) is 30.3 Å². The van der Waals surface area contributed by atoms with Crippen molar-refractivity contribution >= 4 is 5.97 Å². The summed E-state index contributed by atoms with van der Waals surface area (Å²) in [6.45, 7) is 6.37. The van der Waals surface area contributed by atoms with Gasteiger partial charge in [-0.15, -0.1) is 0 Å². The fraction of sp³-hybridized carbons (Fsp3) is 0.632. The SMILES string of the molecule is CCCCN1CC(CCC(=O)O)CC(NCc2ccccc2)C1. The first-order valence-corrected chi connectivity index (χ1v) is 8.88. The van der Waals surface area contributed by atoms with Gasteiger partial charge in [-0.25, -0.2) is 0 Å². The van der Waals surface area contributed by atoms with E-state index < -0.39 is 5.97 Å². The molecular formula is C19H30N2O2. The van der Waals surface area contributed by atoms with Gasteiger partial charge in [-0.3, -0.25) is 4.79 Å². The Morgan fingerprint density at radius 3 is 2.78 bits per heavy atom. The largest absolute Gasteiger partial charge is 0.481 e. The van der Waals surface area contributed by atoms with Gasteiger partial charge >= 0.3 is 5.97 Å². The van der Waals surface area contributed by atoms with Crippen LogP contribution >= 0.6 is 0 Å². The van der Waals surface area contributed by atoms with E-state index in [2.05, 4.69) is 41.4 Å². The summed E-state index contributed by atoms with van der Waals surface area (Å²) in [4.78, 5) is 13.4. The van der Waals surface area contributed by atoms with Crippen molar-refractivity contribution in [2.45, 2.75) is 51.6 Å². The van der Waals surface area contributed by atoms with E-state index in [0.29, 0.717) is 12.0 Å². The van der Waals surface area contributed by atoms with Crippen LogP contribution in [0.4, 0.5) is 0 Å². The molecule has 2 N–H and O–H groups in total. The molecule has 0 amide bonds. The Kier molecular flexibility index (Phi) is 7.56. The van der Waals surface area contributed by atoms with Crippen LogP contribution in [0.3, 0.4) is 0 Å². The summed E-state index contributed by atoms with van der Waals surface area (Å²) >= 11 is 0. The van der Waals surface area contributed by atoms with E-state index in [-0.39, 0.29) is 6.42 Å². The van der Waals surface area contributed by atoms with Crippen molar-refractivity contribution in [3.05, 3.63) is 35.9 Å². The van der Waals surface area contributed by atoms with Crippen LogP contribution in [0.2, 0.25) is 0 Å². The molecule has 23 heavy (non-hydrogen) atoms. The maximum atomic E-state index is 10.9. The number of rotatable bonds is 9. The number of carboxylic acid groups (broad SMARTS) is 1. The molecule has 4 nitrogen and oxygen atoms in total. The smallest absolute Gasteiger partial charge is 0.303 e. The van der Waals surface area contributed by atoms with Crippen molar-refractivity contribution in [3.63, 3.8) is 0 Å². The Labute approximate surface area is 139 Å². The molecule has 1 aliphatic heterocycles. The second-order valence-corrected chi connectivity index (χ2v) is 6.71. The summed E-state index contributed by atoms with van der Waals surface area (Å²) < 4.78 is 0. The van der Waals surface area contributed by atoms with Crippen molar-refractivity contribution in [2.24, 2.45) is 5.92 Å². The predicted molar refractivity (Wildman–Crippen MR) is 93.4 cm³/mol. The molecule has 4 heteroatoms. The lowest BCUT2D eigenvalue weighted by Crippen LogP contribution is -2.49. The molecule has 1 aromatic rings. The van der Waals surface area contributed by atoms with Crippen molar-refractivity contribution in [3.8, 4) is 0 Å². The Hall–Kier alpha value is -1.39. The van der Waals surface area contributed by atoms with Gasteiger partial charge in [-0.2, -0.15) is 0 Å². The molecule has 0 spiro atoms. The zero-order chi connectivity index (χ0) is 16.5. The maximum absolute atomic E-state index is 10.9. The molecule has 0 radical (unpaired) electrons. The lowest BCUT2D eigenvalue weighted by molar-refractivity contribution is -0.137. The first-order chi connectivity index (χ1) is 11.2. The monoisotopic (exact) mass is 318 g/mol. The van der Waals surface area contributed by atoms with Gasteiger partial charge in [-0.1, -0.05) is 43.7 Å². The highest BCUT2D eigenvalue weighted by Crippen LogP contribution is 2.22. The van der Waals surface area contributed by atoms with Gasteiger partial charge in [0.15, 0.2) is 0 Å². The lowest BCUT2D eigenvalue weighted by atomic mass is 9.90. The van der Waals surface area contributed by atoms with Gasteiger partial charge < -0.3 is 15.3 Å². The minimum atomic E-state index is -0.676. The van der Waals surface area contributed by atoms with E-state index in [0.717, 1.165) is 39.0 Å². The van der Waals surface area contributed by atoms with E-state index in [4.69, 9.17) is 5.11 Å². The number of hydrogen-bond donors (Lipinski definition) is 2. The summed E-state index contributed by atoms with van der Waals surface area (Å²) in [6.07, 6.45) is 4.59. The van der Waals surface area contributed by atoms with Gasteiger partial charge in [0.1, 0.15) is 0 Å². The third-order valence-corrected chi connectivity index (χ3v) is 4.64. The standard InChI is InChI=1S/C19H30N2O2/c1-2-3-11-21-14-17(9-10-19(22)23)12-18(15-21)20-13-16-7-5-4-6-8-16/h4-8,17-18,20H,2-3,9-15H2,1H3,(H,22,23). The zero-order valence-corrected chi connectivity index (χ0v) is 14.2. The molecular weight excluding hydrogens is 288 g/mol. The average Bonchev–Trinajstić information content (AvgIpc) is 2.57. The van der Waals surface area contributed by atoms with Crippen molar-refractivity contribution in [1.29, 1.82) is 0 Å². The van der Waals surface area contributed by atoms with Gasteiger partial charge in [0, 0.05) is 32.1 Å². The fourth-order valence-corrected chi connectivity index (χ4v) is 3.41. The summed E-state index contributed by atoms with van der Waals surface area (Å²) in [5.74, 6) is -0.186. The lowest BCUT2D eigenvalue weighted by Gasteiger charge is -2.38. The molecule has 0 bridgehead atoms. The topological polar surface area (TPSA) is 52.6 Å². The normalized spacial score (nSPS) is 22.1. The van der Waals surface area contributed by atoms with Crippen LogP contribution in [0.1, 0.15) is 44.6 Å². The quantitative estimate of drug-likeness (QED) is 0.734. The fourth-order valence-electron chi connectivity index (χ4n) is 3.41. The zero-order valence-electron chi connectivity index (χ0n) is 14.2. The second kappa shape index (κ2) is 9.68. The van der Waals surface area contributed by atoms with E-state index >= 15 is 0 Å². The molecule has 1 saturated heterocycles. The van der Waals surface area contributed by atoms with Gasteiger partial charge in [0.05, 0.1) is 0 Å². The molecule has 1 aliphatic rings. The number of likely N-dealkylation sites (tertiary alicyclic amines) is 1. The van der Waals surface area contributed by atoms with Crippen LogP contribution in [-0.4, -0.2) is 41.7 Å². The summed E-state index contributed by atoms with van der Waals surface area (Å²) in [5, 5.41) is 12.6. The molecule has 2 atom stereocenters. The molecule has 0 aliphatic carbocycles. The number of piperidine rings is 1. The minimum absolute atomic E-state index is 0.289. The highest BCUT2D eigenvalue weighted by atomic mass is 16.4. The molecule has 1 heterocycles. The Morgan fingerprint density at radius 2 is 2.09 bits per heavy atom. The first kappa shape index (κ1) is 18.0. The van der Waals surface area contributed by atoms with Crippen molar-refractivity contribution < 1.29 is 9.90 Å². The number of aliphatic carboxylic acids is 1. The number of carbonyl (C=O) groups is 1. The molecule has 2 rings (SSSR count).